The van der Waals surface area contributed by atoms with Crippen LogP contribution in [-0.2, 0) is 70.3 Å². The van der Waals surface area contributed by atoms with Gasteiger partial charge in [0, 0.05) is 84.6 Å². The quantitative estimate of drug-likeness (QED) is 0.0420. The van der Waals surface area contributed by atoms with Crippen molar-refractivity contribution in [3.05, 3.63) is 80.9 Å². The fourth-order valence-corrected chi connectivity index (χ4v) is 5.58. The molecule has 1 aliphatic heterocycles. The third-order valence-corrected chi connectivity index (χ3v) is 8.92. The van der Waals surface area contributed by atoms with Gasteiger partial charge in [-0.15, -0.1) is 24.5 Å². The van der Waals surface area contributed by atoms with Crippen LogP contribution < -0.4 is 243 Å². The Bertz CT molecular complexity index is 1910. The fraction of sp³-hybridized carbons (Fsp3) is 0.522. The van der Waals surface area contributed by atoms with Crippen LogP contribution in [0, 0.1) is 0 Å². The predicted molar refractivity (Wildman–Crippen MR) is 240 cm³/mol. The Morgan fingerprint density at radius 3 is 1.36 bits per heavy atom. The molecule has 3 rings (SSSR count). The molecule has 0 bridgehead atoms. The molecule has 69 heavy (non-hydrogen) atoms. The minimum atomic E-state index is -0.613. The molecule has 1 aliphatic rings. The van der Waals surface area contributed by atoms with Crippen LogP contribution in [0.1, 0.15) is 96.1 Å². The van der Waals surface area contributed by atoms with Crippen molar-refractivity contribution in [3.63, 3.8) is 0 Å². The van der Waals surface area contributed by atoms with E-state index >= 15 is 0 Å². The summed E-state index contributed by atoms with van der Waals surface area (Å²) in [5.41, 5.74) is 2.17. The summed E-state index contributed by atoms with van der Waals surface area (Å²) in [7, 11) is 0. The van der Waals surface area contributed by atoms with E-state index < -0.39 is 36.5 Å². The maximum absolute atomic E-state index is 12.0. The van der Waals surface area contributed by atoms with Crippen molar-refractivity contribution >= 4 is 70.2 Å². The van der Waals surface area contributed by atoms with Gasteiger partial charge in [0.2, 0.25) is 23.6 Å². The van der Waals surface area contributed by atoms with Gasteiger partial charge in [0.15, 0.2) is 0 Å². The van der Waals surface area contributed by atoms with Gasteiger partial charge in [0.05, 0.1) is 36.5 Å². The second-order valence-corrected chi connectivity index (χ2v) is 14.8. The molecule has 0 atom stereocenters. The maximum Gasteiger partial charge on any atom is 1.00 e. The summed E-state index contributed by atoms with van der Waals surface area (Å²) in [5, 5.41) is 20.8. The third kappa shape index (κ3) is 38.1. The summed E-state index contributed by atoms with van der Waals surface area (Å²) in [5.74, 6) is -3.15. The Morgan fingerprint density at radius 1 is 0.580 bits per heavy atom. The van der Waals surface area contributed by atoms with E-state index in [1.54, 1.807) is 48.5 Å². The molecule has 19 nitrogen and oxygen atoms in total. The van der Waals surface area contributed by atoms with Crippen molar-refractivity contribution in [1.82, 2.24) is 15.5 Å². The van der Waals surface area contributed by atoms with Crippen LogP contribution >= 0.6 is 0 Å². The number of ether oxygens (including phenoxy) is 2. The van der Waals surface area contributed by atoms with E-state index in [0.29, 0.717) is 81.9 Å². The average Bonchev–Trinajstić information content (AvgIpc) is 3.24. The van der Waals surface area contributed by atoms with E-state index in [1.807, 2.05) is 13.8 Å². The van der Waals surface area contributed by atoms with Gasteiger partial charge in [-0.2, -0.15) is 0 Å². The Morgan fingerprint density at radius 2 is 1.00 bits per heavy atom. The molecule has 356 valence electrons. The zero-order valence-corrected chi connectivity index (χ0v) is 61.3. The van der Waals surface area contributed by atoms with Gasteiger partial charge in [-0.25, -0.2) is 0 Å². The van der Waals surface area contributed by atoms with Crippen LogP contribution in [0.25, 0.3) is 21.3 Å². The van der Waals surface area contributed by atoms with Crippen LogP contribution in [0.4, 0.5) is 11.4 Å². The van der Waals surface area contributed by atoms with Gasteiger partial charge in [-0.05, 0) is 43.7 Å². The monoisotopic (exact) mass is 1240 g/mol. The first kappa shape index (κ1) is 74.1. The van der Waals surface area contributed by atoms with E-state index in [2.05, 4.69) is 31.9 Å². The van der Waals surface area contributed by atoms with Crippen molar-refractivity contribution in [2.75, 3.05) is 59.2 Å². The SMILES string of the molecule is CCCNC(=O)CCCOCC[N-]C(=O)CC(=O)[N-]c1ccc(CC(=O)CC(C)=O)cc1.CCCNC(=O)CCCOCC[N-]C(=O)CC(=O)[N-]c1ccc(CC(=O)N2CCC2=O)cc1.[Rb+].[Rb+].[Rb+].[Rb+]. The average molecular weight is 1250 g/mol. The summed E-state index contributed by atoms with van der Waals surface area (Å²) in [6.07, 6.45) is 3.42. The standard InChI is InChI=1S/C23H32N4O6.C23H33N3O6.4Rb/c1-2-10-24-19(28)4-3-13-33-14-11-25-20(29)16-21(30)26-18-7-5-17(6-8-18)15-23(32)27-12-9-22(27)31;1-3-10-24-21(29)5-4-12-32-13-11-25-22(30)16-23(31)26-19-8-6-18(7-9-19)15-20(28)14-17(2)27;;;;/h5-8H,2-4,9-16H2,1H3,(H3,24,25,26,28,29,30);6-9H,3-5,10-16H2,1-2H3,(H3,24,25,26,29,30,31);;;;/q;;4*+1/p-4. The Labute approximate surface area is 601 Å². The molecule has 2 N–H and O–H groups in total. The first-order valence-electron chi connectivity index (χ1n) is 21.8. The fourth-order valence-electron chi connectivity index (χ4n) is 5.58. The van der Waals surface area contributed by atoms with Crippen LogP contribution in [0.3, 0.4) is 0 Å². The Kier molecular flexibility index (Phi) is 49.6. The number of amides is 8. The number of carbonyl (C=O) groups excluding carboxylic acids is 10. The summed E-state index contributed by atoms with van der Waals surface area (Å²) < 4.78 is 10.7. The number of Topliss-reactive ketones (excluding diaryl/α,β-unsaturated/α-hetero) is 2. The molecule has 0 radical (unpaired) electrons. The van der Waals surface area contributed by atoms with Gasteiger partial charge in [-0.1, -0.05) is 62.4 Å². The first-order valence-corrected chi connectivity index (χ1v) is 21.8. The molecule has 0 saturated carbocycles. The summed E-state index contributed by atoms with van der Waals surface area (Å²) in [4.78, 5) is 117. The minimum Gasteiger partial charge on any atom is -0.651 e. The number of nitrogens with zero attached hydrogens (tertiary/aromatic N) is 5. The number of hydrogen-bond acceptors (Lipinski definition) is 12. The van der Waals surface area contributed by atoms with E-state index in [4.69, 9.17) is 9.47 Å². The number of rotatable bonds is 30. The molecule has 1 heterocycles. The molecule has 0 aromatic heterocycles. The molecule has 23 heteroatoms. The van der Waals surface area contributed by atoms with Crippen molar-refractivity contribution in [2.45, 2.75) is 97.8 Å². The molecule has 8 amide bonds. The maximum atomic E-state index is 12.0. The molecule has 2 aromatic carbocycles. The molecule has 2 aromatic rings. The van der Waals surface area contributed by atoms with Crippen molar-refractivity contribution in [3.8, 4) is 0 Å². The number of hydrogen-bond donors (Lipinski definition) is 2. The largest absolute Gasteiger partial charge is 1.00 e. The predicted octanol–water partition coefficient (Wildman–Crippen LogP) is -6.93. The van der Waals surface area contributed by atoms with Gasteiger partial charge < -0.3 is 60.6 Å². The van der Waals surface area contributed by atoms with Crippen LogP contribution in [0.5, 0.6) is 0 Å². The second kappa shape index (κ2) is 46.2. The minimum absolute atomic E-state index is 0. The molecule has 0 aliphatic carbocycles. The zero-order chi connectivity index (χ0) is 47.8. The van der Waals surface area contributed by atoms with Gasteiger partial charge in [0.25, 0.3) is 0 Å². The van der Waals surface area contributed by atoms with Crippen molar-refractivity contribution < 1.29 is 290 Å². The number of nitrogens with one attached hydrogen (secondary N) is 2. The number of carbonyl (C=O) groups is 10. The normalized spacial score (nSPS) is 10.8. The Hall–Kier alpha value is 0.881. The smallest absolute Gasteiger partial charge is 0.651 e. The van der Waals surface area contributed by atoms with Crippen molar-refractivity contribution in [2.24, 2.45) is 0 Å². The number of ketones is 2. The molecule has 1 fully saturated rings. The Balaban J connectivity index is -0.00000119. The van der Waals surface area contributed by atoms with Crippen molar-refractivity contribution in [1.29, 1.82) is 0 Å². The van der Waals surface area contributed by atoms with E-state index in [9.17, 15) is 47.9 Å². The topological polar surface area (TPSA) is 273 Å². The summed E-state index contributed by atoms with van der Waals surface area (Å²) in [6, 6.07) is 12.9. The van der Waals surface area contributed by atoms with Crippen LogP contribution in [0.2, 0.25) is 0 Å². The van der Waals surface area contributed by atoms with E-state index in [0.717, 1.165) is 18.4 Å². The molecule has 0 spiro atoms. The van der Waals surface area contributed by atoms with Crippen LogP contribution in [-0.4, -0.2) is 123 Å². The molecular weight excluding hydrogens is 1180 g/mol. The first-order chi connectivity index (χ1) is 31.2. The second-order valence-electron chi connectivity index (χ2n) is 14.8. The van der Waals surface area contributed by atoms with E-state index in [-0.39, 0.29) is 314 Å². The summed E-state index contributed by atoms with van der Waals surface area (Å²) in [6.45, 7) is 8.66. The van der Waals surface area contributed by atoms with Gasteiger partial charge >= 0.3 is 233 Å². The van der Waals surface area contributed by atoms with E-state index in [1.165, 1.54) is 11.8 Å². The third-order valence-electron chi connectivity index (χ3n) is 8.92. The van der Waals surface area contributed by atoms with Crippen LogP contribution in [0.15, 0.2) is 48.5 Å². The number of likely N-dealkylation sites (tertiary alicyclic amines) is 1. The molecule has 1 saturated heterocycles. The number of benzene rings is 2. The zero-order valence-electron chi connectivity index (χ0n) is 41.6. The number of β-lactam (4-membered cyclic amide) rings is 1. The number of imide groups is 1. The molecular formula is C46H61N7O12Rb4. The van der Waals surface area contributed by atoms with Gasteiger partial charge in [0.1, 0.15) is 11.6 Å². The summed E-state index contributed by atoms with van der Waals surface area (Å²) >= 11 is 0. The molecule has 0 unspecified atom stereocenters. The van der Waals surface area contributed by atoms with Gasteiger partial charge in [-0.3, -0.25) is 33.7 Å².